The highest BCUT2D eigenvalue weighted by Gasteiger charge is 2.36. The number of sulfonamides is 1. The molecule has 2 aromatic carbocycles. The van der Waals surface area contributed by atoms with Crippen molar-refractivity contribution in [2.24, 2.45) is 0 Å². The van der Waals surface area contributed by atoms with Gasteiger partial charge in [-0.25, -0.2) is 8.42 Å². The zero-order chi connectivity index (χ0) is 20.8. The van der Waals surface area contributed by atoms with Crippen LogP contribution >= 0.6 is 0 Å². The first-order valence-corrected chi connectivity index (χ1v) is 10.8. The summed E-state index contributed by atoms with van der Waals surface area (Å²) in [7, 11) is -1.97. The van der Waals surface area contributed by atoms with Crippen LogP contribution in [0.15, 0.2) is 47.4 Å². The van der Waals surface area contributed by atoms with Gasteiger partial charge in [0.2, 0.25) is 10.0 Å². The highest BCUT2D eigenvalue weighted by atomic mass is 32.2. The molecule has 2 heterocycles. The summed E-state index contributed by atoms with van der Waals surface area (Å²) in [5, 5.41) is 0. The molecule has 29 heavy (non-hydrogen) atoms. The zero-order valence-electron chi connectivity index (χ0n) is 16.0. The fraction of sp³-hybridized carbons (Fsp3) is 0.400. The molecule has 2 aromatic rings. The second-order valence-electron chi connectivity index (χ2n) is 7.50. The third-order valence-electron chi connectivity index (χ3n) is 5.57. The number of halogens is 3. The number of hydrogen-bond acceptors (Lipinski definition) is 4. The summed E-state index contributed by atoms with van der Waals surface area (Å²) < 4.78 is 66.4. The predicted molar refractivity (Wildman–Crippen MR) is 104 cm³/mol. The summed E-state index contributed by atoms with van der Waals surface area (Å²) >= 11 is 0. The standard InChI is InChI=1S/C20H22F3N3O2S/c1-24-8-10-25(11-9-24)19-7-2-4-15-13-26(14-18(15)19)29(27,28)17-6-3-5-16(12-17)20(21,22)23/h2-7,12H,8-11,13-14H2,1H3. The van der Waals surface area contributed by atoms with Crippen LogP contribution in [0.4, 0.5) is 18.9 Å². The predicted octanol–water partition coefficient (Wildman–Crippen LogP) is 3.16. The lowest BCUT2D eigenvalue weighted by Gasteiger charge is -2.35. The van der Waals surface area contributed by atoms with Crippen molar-refractivity contribution in [1.82, 2.24) is 9.21 Å². The Bertz CT molecular complexity index is 1020. The smallest absolute Gasteiger partial charge is 0.369 e. The topological polar surface area (TPSA) is 43.9 Å². The summed E-state index contributed by atoms with van der Waals surface area (Å²) in [6.45, 7) is 3.89. The lowest BCUT2D eigenvalue weighted by molar-refractivity contribution is -0.137. The lowest BCUT2D eigenvalue weighted by atomic mass is 10.1. The summed E-state index contributed by atoms with van der Waals surface area (Å²) in [4.78, 5) is 4.16. The second kappa shape index (κ2) is 7.30. The van der Waals surface area contributed by atoms with Crippen LogP contribution in [-0.2, 0) is 29.3 Å². The van der Waals surface area contributed by atoms with E-state index in [0.29, 0.717) is 6.07 Å². The largest absolute Gasteiger partial charge is 0.416 e. The molecule has 2 aliphatic rings. The number of alkyl halides is 3. The van der Waals surface area contributed by atoms with Crippen molar-refractivity contribution in [2.75, 3.05) is 38.1 Å². The van der Waals surface area contributed by atoms with Crippen LogP contribution < -0.4 is 4.90 Å². The SMILES string of the molecule is CN1CCN(c2cccc3c2CN(S(=O)(=O)c2cccc(C(F)(F)F)c2)C3)CC1. The molecule has 0 aliphatic carbocycles. The van der Waals surface area contributed by atoms with Crippen LogP contribution in [0.5, 0.6) is 0 Å². The molecule has 0 bridgehead atoms. The fourth-order valence-corrected chi connectivity index (χ4v) is 5.30. The maximum Gasteiger partial charge on any atom is 0.416 e. The first-order chi connectivity index (χ1) is 13.7. The van der Waals surface area contributed by atoms with Gasteiger partial charge in [-0.1, -0.05) is 18.2 Å². The maximum atomic E-state index is 13.1. The van der Waals surface area contributed by atoms with Crippen LogP contribution in [0.25, 0.3) is 0 Å². The molecule has 2 aliphatic heterocycles. The van der Waals surface area contributed by atoms with E-state index in [9.17, 15) is 21.6 Å². The van der Waals surface area contributed by atoms with Crippen LogP contribution in [0, 0.1) is 0 Å². The van der Waals surface area contributed by atoms with Gasteiger partial charge in [0.25, 0.3) is 0 Å². The maximum absolute atomic E-state index is 13.1. The van der Waals surface area contributed by atoms with Crippen molar-refractivity contribution < 1.29 is 21.6 Å². The van der Waals surface area contributed by atoms with Crippen molar-refractivity contribution in [3.8, 4) is 0 Å². The molecular weight excluding hydrogens is 403 g/mol. The average Bonchev–Trinajstić information content (AvgIpc) is 3.13. The van der Waals surface area contributed by atoms with Gasteiger partial charge in [0, 0.05) is 45.0 Å². The Morgan fingerprint density at radius 3 is 2.31 bits per heavy atom. The molecule has 4 rings (SSSR count). The van der Waals surface area contributed by atoms with Gasteiger partial charge in [0.15, 0.2) is 0 Å². The normalized spacial score (nSPS) is 18.8. The summed E-state index contributed by atoms with van der Waals surface area (Å²) in [5.41, 5.74) is 1.88. The molecule has 0 aromatic heterocycles. The quantitative estimate of drug-likeness (QED) is 0.758. The van der Waals surface area contributed by atoms with Crippen molar-refractivity contribution in [3.63, 3.8) is 0 Å². The van der Waals surface area contributed by atoms with E-state index in [4.69, 9.17) is 0 Å². The minimum atomic E-state index is -4.59. The Morgan fingerprint density at radius 2 is 1.62 bits per heavy atom. The van der Waals surface area contributed by atoms with Crippen LogP contribution in [-0.4, -0.2) is 50.8 Å². The number of rotatable bonds is 3. The third kappa shape index (κ3) is 3.86. The second-order valence-corrected chi connectivity index (χ2v) is 9.44. The minimum absolute atomic E-state index is 0.162. The Kier molecular flexibility index (Phi) is 5.08. The molecule has 156 valence electrons. The summed E-state index contributed by atoms with van der Waals surface area (Å²) in [5.74, 6) is 0. The van der Waals surface area contributed by atoms with Gasteiger partial charge in [-0.3, -0.25) is 0 Å². The number of benzene rings is 2. The molecule has 5 nitrogen and oxygen atoms in total. The molecule has 0 amide bonds. The lowest BCUT2D eigenvalue weighted by Crippen LogP contribution is -2.44. The van der Waals surface area contributed by atoms with Gasteiger partial charge >= 0.3 is 6.18 Å². The van der Waals surface area contributed by atoms with E-state index < -0.39 is 21.8 Å². The highest BCUT2D eigenvalue weighted by molar-refractivity contribution is 7.89. The van der Waals surface area contributed by atoms with Gasteiger partial charge < -0.3 is 9.80 Å². The Hall–Kier alpha value is -2.10. The van der Waals surface area contributed by atoms with E-state index in [2.05, 4.69) is 16.8 Å². The zero-order valence-corrected chi connectivity index (χ0v) is 16.8. The van der Waals surface area contributed by atoms with E-state index in [0.717, 1.165) is 55.1 Å². The monoisotopic (exact) mass is 425 g/mol. The van der Waals surface area contributed by atoms with E-state index in [1.807, 2.05) is 18.2 Å². The molecule has 0 saturated carbocycles. The molecule has 0 N–H and O–H groups in total. The van der Waals surface area contributed by atoms with Gasteiger partial charge in [-0.2, -0.15) is 17.5 Å². The molecular formula is C20H22F3N3O2S. The summed E-state index contributed by atoms with van der Waals surface area (Å²) in [6, 6.07) is 9.72. The van der Waals surface area contributed by atoms with E-state index in [-0.39, 0.29) is 18.0 Å². The Labute approximate surface area is 168 Å². The third-order valence-corrected chi connectivity index (χ3v) is 7.36. The molecule has 0 radical (unpaired) electrons. The van der Waals surface area contributed by atoms with Crippen LogP contribution in [0.2, 0.25) is 0 Å². The van der Waals surface area contributed by atoms with Gasteiger partial charge in [-0.15, -0.1) is 0 Å². The number of fused-ring (bicyclic) bond motifs is 1. The number of likely N-dealkylation sites (N-methyl/N-ethyl adjacent to an activating group) is 1. The molecule has 9 heteroatoms. The van der Waals surface area contributed by atoms with E-state index >= 15 is 0 Å². The first-order valence-electron chi connectivity index (χ1n) is 9.38. The average molecular weight is 425 g/mol. The highest BCUT2D eigenvalue weighted by Crippen LogP contribution is 2.36. The van der Waals surface area contributed by atoms with Crippen LogP contribution in [0.1, 0.15) is 16.7 Å². The first kappa shape index (κ1) is 20.2. The minimum Gasteiger partial charge on any atom is -0.369 e. The Morgan fingerprint density at radius 1 is 0.931 bits per heavy atom. The fourth-order valence-electron chi connectivity index (χ4n) is 3.87. The van der Waals surface area contributed by atoms with Crippen molar-refractivity contribution in [1.29, 1.82) is 0 Å². The van der Waals surface area contributed by atoms with Gasteiger partial charge in [-0.05, 0) is 42.4 Å². The number of hydrogen-bond donors (Lipinski definition) is 0. The molecule has 0 atom stereocenters. The Balaban J connectivity index is 1.62. The van der Waals surface area contributed by atoms with Crippen molar-refractivity contribution in [3.05, 3.63) is 59.2 Å². The van der Waals surface area contributed by atoms with Crippen LogP contribution in [0.3, 0.4) is 0 Å². The van der Waals surface area contributed by atoms with Gasteiger partial charge in [0.1, 0.15) is 0 Å². The summed E-state index contributed by atoms with van der Waals surface area (Å²) in [6.07, 6.45) is -4.59. The number of anilines is 1. The molecule has 0 unspecified atom stereocenters. The van der Waals surface area contributed by atoms with Gasteiger partial charge in [0.05, 0.1) is 10.5 Å². The number of nitrogens with zero attached hydrogens (tertiary/aromatic N) is 3. The number of piperazine rings is 1. The molecule has 0 spiro atoms. The molecule has 1 fully saturated rings. The molecule has 1 saturated heterocycles. The van der Waals surface area contributed by atoms with E-state index in [1.54, 1.807) is 0 Å². The van der Waals surface area contributed by atoms with Crippen molar-refractivity contribution >= 4 is 15.7 Å². The van der Waals surface area contributed by atoms with E-state index in [1.165, 1.54) is 10.4 Å². The van der Waals surface area contributed by atoms with Crippen molar-refractivity contribution in [2.45, 2.75) is 24.2 Å².